The van der Waals surface area contributed by atoms with Crippen molar-refractivity contribution in [1.82, 2.24) is 15.8 Å². The molecule has 2 fully saturated rings. The minimum Gasteiger partial charge on any atom is -0.452 e. The third-order valence-corrected chi connectivity index (χ3v) is 6.00. The summed E-state index contributed by atoms with van der Waals surface area (Å²) in [5.41, 5.74) is 5.98. The lowest BCUT2D eigenvalue weighted by Gasteiger charge is -2.40. The van der Waals surface area contributed by atoms with Crippen LogP contribution in [0.5, 0.6) is 0 Å². The number of methoxy groups -OCH3 is 1. The summed E-state index contributed by atoms with van der Waals surface area (Å²) in [4.78, 5) is 28.5. The molecule has 3 heterocycles. The van der Waals surface area contributed by atoms with Crippen LogP contribution >= 0.6 is 0 Å². The smallest absolute Gasteiger partial charge is 0.414 e. The highest BCUT2D eigenvalue weighted by Gasteiger charge is 2.38. The van der Waals surface area contributed by atoms with Crippen molar-refractivity contribution in [3.63, 3.8) is 0 Å². The van der Waals surface area contributed by atoms with Gasteiger partial charge in [-0.05, 0) is 38.5 Å². The average Bonchev–Trinajstić information content (AvgIpc) is 3.14. The summed E-state index contributed by atoms with van der Waals surface area (Å²) in [6, 6.07) is 6.29. The van der Waals surface area contributed by atoms with Crippen molar-refractivity contribution in [1.29, 1.82) is 0 Å². The number of nitrogens with zero attached hydrogens (tertiary/aromatic N) is 3. The quantitative estimate of drug-likeness (QED) is 0.777. The summed E-state index contributed by atoms with van der Waals surface area (Å²) in [5.74, 6) is 0.310. The summed E-state index contributed by atoms with van der Waals surface area (Å²) in [5, 5.41) is 5.60. The normalized spacial score (nSPS) is 24.6. The summed E-state index contributed by atoms with van der Waals surface area (Å²) in [6.07, 6.45) is -1.05. The number of carbonyl (C=O) groups excluding carboxylic acids is 2. The van der Waals surface area contributed by atoms with Gasteiger partial charge in [0.15, 0.2) is 0 Å². The van der Waals surface area contributed by atoms with Crippen molar-refractivity contribution in [2.24, 2.45) is 0 Å². The highest BCUT2D eigenvalue weighted by molar-refractivity contribution is 6.00. The van der Waals surface area contributed by atoms with Crippen molar-refractivity contribution < 1.29 is 19.1 Å². The predicted octanol–water partition coefficient (Wildman–Crippen LogP) is 1.89. The van der Waals surface area contributed by atoms with Crippen LogP contribution in [0.15, 0.2) is 18.2 Å². The van der Waals surface area contributed by atoms with Crippen LogP contribution < -0.4 is 20.5 Å². The molecule has 0 aromatic heterocycles. The lowest BCUT2D eigenvalue weighted by atomic mass is 9.96. The fourth-order valence-electron chi connectivity index (χ4n) is 4.30. The SMILES string of the molecule is COC(=O)N1c2ccc(C3CNN(C4CNC4)C3)cc2N(C(=O)OC(C)C)C[C@@H]1C. The largest absolute Gasteiger partial charge is 0.452 e. The van der Waals surface area contributed by atoms with E-state index < -0.39 is 12.2 Å². The van der Waals surface area contributed by atoms with E-state index in [9.17, 15) is 9.59 Å². The molecule has 0 aliphatic carbocycles. The zero-order valence-corrected chi connectivity index (χ0v) is 18.1. The van der Waals surface area contributed by atoms with Crippen LogP contribution in [0, 0.1) is 0 Å². The number of ether oxygens (including phenoxy) is 2. The molecule has 2 amide bonds. The van der Waals surface area contributed by atoms with Gasteiger partial charge in [0.25, 0.3) is 0 Å². The zero-order chi connectivity index (χ0) is 21.4. The molecule has 9 nitrogen and oxygen atoms in total. The Kier molecular flexibility index (Phi) is 5.86. The molecule has 4 rings (SSSR count). The summed E-state index contributed by atoms with van der Waals surface area (Å²) < 4.78 is 10.5. The van der Waals surface area contributed by atoms with Crippen LogP contribution in [0.25, 0.3) is 0 Å². The first-order valence-electron chi connectivity index (χ1n) is 10.6. The molecular weight excluding hydrogens is 386 g/mol. The van der Waals surface area contributed by atoms with E-state index in [1.807, 2.05) is 39.0 Å². The van der Waals surface area contributed by atoms with Crippen LogP contribution in [-0.4, -0.2) is 75.2 Å². The summed E-state index contributed by atoms with van der Waals surface area (Å²) >= 11 is 0. The van der Waals surface area contributed by atoms with E-state index in [1.165, 1.54) is 7.11 Å². The molecule has 2 N–H and O–H groups in total. The number of benzene rings is 1. The van der Waals surface area contributed by atoms with Crippen molar-refractivity contribution in [3.8, 4) is 0 Å². The first-order chi connectivity index (χ1) is 14.4. The van der Waals surface area contributed by atoms with Gasteiger partial charge in [-0.15, -0.1) is 0 Å². The molecule has 3 aliphatic heterocycles. The second-order valence-corrected chi connectivity index (χ2v) is 8.50. The number of amides is 2. The average molecular weight is 418 g/mol. The van der Waals surface area contributed by atoms with Gasteiger partial charge in [-0.2, -0.15) is 0 Å². The molecule has 2 atom stereocenters. The van der Waals surface area contributed by atoms with Gasteiger partial charge in [-0.3, -0.25) is 15.2 Å². The van der Waals surface area contributed by atoms with Gasteiger partial charge < -0.3 is 14.8 Å². The van der Waals surface area contributed by atoms with Gasteiger partial charge in [-0.1, -0.05) is 6.07 Å². The van der Waals surface area contributed by atoms with E-state index >= 15 is 0 Å². The topological polar surface area (TPSA) is 86.4 Å². The molecule has 9 heteroatoms. The van der Waals surface area contributed by atoms with E-state index in [4.69, 9.17) is 9.47 Å². The number of nitrogens with one attached hydrogen (secondary N) is 2. The van der Waals surface area contributed by atoms with Gasteiger partial charge in [0, 0.05) is 38.1 Å². The Bertz CT molecular complexity index is 813. The van der Waals surface area contributed by atoms with Crippen molar-refractivity contribution in [3.05, 3.63) is 23.8 Å². The molecule has 1 aromatic carbocycles. The highest BCUT2D eigenvalue weighted by atomic mass is 16.6. The minimum atomic E-state index is -0.431. The maximum absolute atomic E-state index is 12.8. The maximum atomic E-state index is 12.8. The van der Waals surface area contributed by atoms with E-state index in [0.29, 0.717) is 29.9 Å². The lowest BCUT2D eigenvalue weighted by molar-refractivity contribution is 0.121. The maximum Gasteiger partial charge on any atom is 0.414 e. The molecule has 0 saturated carbocycles. The molecule has 0 bridgehead atoms. The molecule has 3 aliphatic rings. The molecular formula is C21H31N5O4. The van der Waals surface area contributed by atoms with E-state index in [-0.39, 0.29) is 12.1 Å². The Morgan fingerprint density at radius 2 is 1.87 bits per heavy atom. The van der Waals surface area contributed by atoms with Gasteiger partial charge >= 0.3 is 12.2 Å². The first-order valence-corrected chi connectivity index (χ1v) is 10.6. The van der Waals surface area contributed by atoms with Crippen LogP contribution in [0.4, 0.5) is 21.0 Å². The van der Waals surface area contributed by atoms with E-state index in [1.54, 1.807) is 9.80 Å². The monoisotopic (exact) mass is 417 g/mol. The Labute approximate surface area is 177 Å². The Hall–Kier alpha value is -2.36. The third kappa shape index (κ3) is 3.84. The molecule has 30 heavy (non-hydrogen) atoms. The number of hydrogen-bond acceptors (Lipinski definition) is 7. The van der Waals surface area contributed by atoms with Gasteiger partial charge in [-0.25, -0.2) is 14.6 Å². The molecule has 164 valence electrons. The van der Waals surface area contributed by atoms with Crippen LogP contribution in [0.1, 0.15) is 32.3 Å². The van der Waals surface area contributed by atoms with Gasteiger partial charge in [0.05, 0.1) is 37.2 Å². The summed E-state index contributed by atoms with van der Waals surface area (Å²) in [6.45, 7) is 9.68. The van der Waals surface area contributed by atoms with E-state index in [2.05, 4.69) is 15.8 Å². The van der Waals surface area contributed by atoms with Crippen molar-refractivity contribution in [2.45, 2.75) is 44.9 Å². The second-order valence-electron chi connectivity index (χ2n) is 8.50. The zero-order valence-electron chi connectivity index (χ0n) is 18.1. The van der Waals surface area contributed by atoms with Crippen LogP contribution in [0.3, 0.4) is 0 Å². The van der Waals surface area contributed by atoms with Crippen LogP contribution in [-0.2, 0) is 9.47 Å². The first kappa shape index (κ1) is 20.9. The number of rotatable bonds is 3. The Morgan fingerprint density at radius 1 is 1.10 bits per heavy atom. The highest BCUT2D eigenvalue weighted by Crippen LogP contribution is 2.39. The fourth-order valence-corrected chi connectivity index (χ4v) is 4.30. The Morgan fingerprint density at radius 3 is 2.50 bits per heavy atom. The number of fused-ring (bicyclic) bond motifs is 1. The molecule has 0 spiro atoms. The van der Waals surface area contributed by atoms with E-state index in [0.717, 1.165) is 31.7 Å². The van der Waals surface area contributed by atoms with Crippen molar-refractivity contribution >= 4 is 23.6 Å². The number of anilines is 2. The van der Waals surface area contributed by atoms with Crippen LogP contribution in [0.2, 0.25) is 0 Å². The third-order valence-electron chi connectivity index (χ3n) is 6.00. The van der Waals surface area contributed by atoms with Crippen molar-refractivity contribution in [2.75, 3.05) is 49.6 Å². The lowest BCUT2D eigenvalue weighted by Crippen LogP contribution is -2.59. The van der Waals surface area contributed by atoms with Gasteiger partial charge in [0.1, 0.15) is 0 Å². The molecule has 1 unspecified atom stereocenters. The molecule has 2 saturated heterocycles. The second kappa shape index (κ2) is 8.41. The molecule has 0 radical (unpaired) electrons. The van der Waals surface area contributed by atoms with Gasteiger partial charge in [0.2, 0.25) is 0 Å². The number of hydrazine groups is 1. The molecule has 1 aromatic rings. The standard InChI is InChI=1S/C21H31N5O4/c1-13(2)30-20(27)24-11-14(3)26(21(28)29-4)18-6-5-15(7-19(18)24)16-8-23-25(12-16)17-9-22-10-17/h5-7,13-14,16-17,22-23H,8-12H2,1-4H3/t14-,16?/m0/s1. The Balaban J connectivity index is 1.65. The summed E-state index contributed by atoms with van der Waals surface area (Å²) in [7, 11) is 1.37. The predicted molar refractivity (Wildman–Crippen MR) is 114 cm³/mol. The fraction of sp³-hybridized carbons (Fsp3) is 0.619. The number of hydrogen-bond donors (Lipinski definition) is 2. The minimum absolute atomic E-state index is 0.221. The number of carbonyl (C=O) groups is 2.